The Morgan fingerprint density at radius 1 is 0.950 bits per heavy atom. The van der Waals surface area contributed by atoms with Crippen molar-refractivity contribution in [3.05, 3.63) is 30.1 Å². The number of hydrogen-bond donors (Lipinski definition) is 0. The van der Waals surface area contributed by atoms with Crippen molar-refractivity contribution in [3.8, 4) is 0 Å². The van der Waals surface area contributed by atoms with Gasteiger partial charge in [-0.2, -0.15) is 0 Å². The van der Waals surface area contributed by atoms with Gasteiger partial charge >= 0.3 is 0 Å². The van der Waals surface area contributed by atoms with Gasteiger partial charge in [-0.3, -0.25) is 9.69 Å². The molecule has 20 heavy (non-hydrogen) atoms. The molecule has 1 aliphatic carbocycles. The first kappa shape index (κ1) is 13.6. The summed E-state index contributed by atoms with van der Waals surface area (Å²) < 4.78 is 12.9. The van der Waals surface area contributed by atoms with Gasteiger partial charge < -0.3 is 4.90 Å². The number of hydrogen-bond acceptors (Lipinski definition) is 3. The van der Waals surface area contributed by atoms with Crippen LogP contribution < -0.4 is 4.90 Å². The SMILES string of the molecule is O=C1CCC(N2CCN(c3ccc(F)cc3)CC2)CC1. The predicted octanol–water partition coefficient (Wildman–Crippen LogP) is 2.46. The third kappa shape index (κ3) is 3.01. The lowest BCUT2D eigenvalue weighted by Crippen LogP contribution is -2.51. The van der Waals surface area contributed by atoms with Gasteiger partial charge in [0, 0.05) is 50.7 Å². The highest BCUT2D eigenvalue weighted by atomic mass is 19.1. The zero-order chi connectivity index (χ0) is 13.9. The van der Waals surface area contributed by atoms with E-state index < -0.39 is 0 Å². The second kappa shape index (κ2) is 5.92. The van der Waals surface area contributed by atoms with Crippen LogP contribution in [0.15, 0.2) is 24.3 Å². The summed E-state index contributed by atoms with van der Waals surface area (Å²) in [5.41, 5.74) is 1.10. The maximum absolute atomic E-state index is 12.9. The molecule has 1 aromatic rings. The number of piperazine rings is 1. The van der Waals surface area contributed by atoms with E-state index in [2.05, 4.69) is 9.80 Å². The van der Waals surface area contributed by atoms with Gasteiger partial charge in [0.25, 0.3) is 0 Å². The molecule has 3 rings (SSSR count). The quantitative estimate of drug-likeness (QED) is 0.829. The molecule has 1 saturated carbocycles. The van der Waals surface area contributed by atoms with Crippen molar-refractivity contribution < 1.29 is 9.18 Å². The normalized spacial score (nSPS) is 22.2. The Hall–Kier alpha value is -1.42. The number of benzene rings is 1. The summed E-state index contributed by atoms with van der Waals surface area (Å²) >= 11 is 0. The molecule has 4 heteroatoms. The average Bonchev–Trinajstić information content (AvgIpc) is 2.49. The van der Waals surface area contributed by atoms with Crippen molar-refractivity contribution in [2.24, 2.45) is 0 Å². The standard InChI is InChI=1S/C16H21FN2O/c17-13-1-3-14(4-2-13)18-9-11-19(12-10-18)15-5-7-16(20)8-6-15/h1-4,15H,5-12H2. The molecule has 0 radical (unpaired) electrons. The molecule has 0 bridgehead atoms. The summed E-state index contributed by atoms with van der Waals surface area (Å²) in [5.74, 6) is 0.241. The molecule has 0 N–H and O–H groups in total. The fraction of sp³-hybridized carbons (Fsp3) is 0.562. The molecule has 1 aliphatic heterocycles. The lowest BCUT2D eigenvalue weighted by atomic mass is 9.93. The van der Waals surface area contributed by atoms with Crippen LogP contribution in [0.3, 0.4) is 0 Å². The lowest BCUT2D eigenvalue weighted by molar-refractivity contribution is -0.121. The Labute approximate surface area is 119 Å². The number of nitrogens with zero attached hydrogens (tertiary/aromatic N) is 2. The fourth-order valence-electron chi connectivity index (χ4n) is 3.29. The molecular weight excluding hydrogens is 255 g/mol. The van der Waals surface area contributed by atoms with E-state index in [1.807, 2.05) is 12.1 Å². The second-order valence-corrected chi connectivity index (χ2v) is 5.77. The minimum absolute atomic E-state index is 0.181. The van der Waals surface area contributed by atoms with E-state index in [0.29, 0.717) is 11.8 Å². The van der Waals surface area contributed by atoms with Gasteiger partial charge in [0.05, 0.1) is 0 Å². The fourth-order valence-corrected chi connectivity index (χ4v) is 3.29. The van der Waals surface area contributed by atoms with Crippen LogP contribution in [0.25, 0.3) is 0 Å². The van der Waals surface area contributed by atoms with Crippen LogP contribution in [-0.4, -0.2) is 42.9 Å². The smallest absolute Gasteiger partial charge is 0.133 e. The maximum Gasteiger partial charge on any atom is 0.133 e. The van der Waals surface area contributed by atoms with Crippen molar-refractivity contribution in [1.82, 2.24) is 4.90 Å². The van der Waals surface area contributed by atoms with Gasteiger partial charge in [0.2, 0.25) is 0 Å². The monoisotopic (exact) mass is 276 g/mol. The minimum Gasteiger partial charge on any atom is -0.369 e. The van der Waals surface area contributed by atoms with Crippen molar-refractivity contribution in [2.45, 2.75) is 31.7 Å². The summed E-state index contributed by atoms with van der Waals surface area (Å²) in [6.07, 6.45) is 3.55. The second-order valence-electron chi connectivity index (χ2n) is 5.77. The van der Waals surface area contributed by atoms with Crippen molar-refractivity contribution >= 4 is 11.5 Å². The molecule has 2 fully saturated rings. The zero-order valence-corrected chi connectivity index (χ0v) is 11.7. The first-order valence-electron chi connectivity index (χ1n) is 7.48. The molecule has 1 saturated heterocycles. The van der Waals surface area contributed by atoms with Crippen molar-refractivity contribution in [2.75, 3.05) is 31.1 Å². The average molecular weight is 276 g/mol. The predicted molar refractivity (Wildman–Crippen MR) is 77.4 cm³/mol. The van der Waals surface area contributed by atoms with Gasteiger partial charge in [-0.15, -0.1) is 0 Å². The number of ketones is 1. The van der Waals surface area contributed by atoms with E-state index in [1.165, 1.54) is 12.1 Å². The molecular formula is C16H21FN2O. The molecule has 1 aromatic carbocycles. The van der Waals surface area contributed by atoms with E-state index in [1.54, 1.807) is 0 Å². The third-order valence-electron chi connectivity index (χ3n) is 4.54. The van der Waals surface area contributed by atoms with E-state index in [9.17, 15) is 9.18 Å². The summed E-state index contributed by atoms with van der Waals surface area (Å²) in [6, 6.07) is 7.33. The molecule has 0 atom stereocenters. The number of carbonyl (C=O) groups is 1. The van der Waals surface area contributed by atoms with Crippen LogP contribution in [0.4, 0.5) is 10.1 Å². The Morgan fingerprint density at radius 3 is 2.15 bits per heavy atom. The van der Waals surface area contributed by atoms with E-state index in [4.69, 9.17) is 0 Å². The summed E-state index contributed by atoms with van der Waals surface area (Å²) in [5, 5.41) is 0. The maximum atomic E-state index is 12.9. The molecule has 0 amide bonds. The molecule has 0 unspecified atom stereocenters. The largest absolute Gasteiger partial charge is 0.369 e. The number of Topliss-reactive ketones (excluding diaryl/α,β-unsaturated/α-hetero) is 1. The van der Waals surface area contributed by atoms with Gasteiger partial charge in [-0.1, -0.05) is 0 Å². The van der Waals surface area contributed by atoms with Crippen LogP contribution >= 0.6 is 0 Å². The number of halogens is 1. The first-order chi connectivity index (χ1) is 9.72. The highest BCUT2D eigenvalue weighted by Gasteiger charge is 2.27. The summed E-state index contributed by atoms with van der Waals surface area (Å²) in [6.45, 7) is 4.04. The molecule has 1 heterocycles. The van der Waals surface area contributed by atoms with E-state index in [0.717, 1.165) is 57.5 Å². The van der Waals surface area contributed by atoms with Crippen LogP contribution in [0.5, 0.6) is 0 Å². The molecule has 0 spiro atoms. The van der Waals surface area contributed by atoms with Gasteiger partial charge in [-0.05, 0) is 37.1 Å². The molecule has 3 nitrogen and oxygen atoms in total. The summed E-state index contributed by atoms with van der Waals surface area (Å²) in [7, 11) is 0. The van der Waals surface area contributed by atoms with E-state index >= 15 is 0 Å². The van der Waals surface area contributed by atoms with Crippen molar-refractivity contribution in [3.63, 3.8) is 0 Å². The molecule has 2 aliphatic rings. The van der Waals surface area contributed by atoms with Gasteiger partial charge in [0.15, 0.2) is 0 Å². The third-order valence-corrected chi connectivity index (χ3v) is 4.54. The number of rotatable bonds is 2. The highest BCUT2D eigenvalue weighted by Crippen LogP contribution is 2.23. The number of carbonyl (C=O) groups excluding carboxylic acids is 1. The van der Waals surface area contributed by atoms with Gasteiger partial charge in [0.1, 0.15) is 11.6 Å². The topological polar surface area (TPSA) is 23.6 Å². The lowest BCUT2D eigenvalue weighted by Gasteiger charge is -2.41. The van der Waals surface area contributed by atoms with Crippen LogP contribution in [0, 0.1) is 5.82 Å². The Balaban J connectivity index is 1.54. The minimum atomic E-state index is -0.181. The summed E-state index contributed by atoms with van der Waals surface area (Å²) in [4.78, 5) is 16.1. The van der Waals surface area contributed by atoms with Crippen LogP contribution in [0.1, 0.15) is 25.7 Å². The molecule has 0 aromatic heterocycles. The van der Waals surface area contributed by atoms with Crippen LogP contribution in [-0.2, 0) is 4.79 Å². The highest BCUT2D eigenvalue weighted by molar-refractivity contribution is 5.79. The zero-order valence-electron chi connectivity index (χ0n) is 11.7. The van der Waals surface area contributed by atoms with Gasteiger partial charge in [-0.25, -0.2) is 4.39 Å². The van der Waals surface area contributed by atoms with Crippen molar-refractivity contribution in [1.29, 1.82) is 0 Å². The Morgan fingerprint density at radius 2 is 1.55 bits per heavy atom. The van der Waals surface area contributed by atoms with Crippen LogP contribution in [0.2, 0.25) is 0 Å². The molecule has 108 valence electrons. The number of anilines is 1. The van der Waals surface area contributed by atoms with E-state index in [-0.39, 0.29) is 5.82 Å². The Kier molecular flexibility index (Phi) is 4.01. The Bertz CT molecular complexity index is 456. The first-order valence-corrected chi connectivity index (χ1v) is 7.48.